The standard InChI is InChI=1S/C22H36N4O/c1-19-23-11-15-25(19)13-8-21(27)26-14-10-22(18-26)9-5-12-24(17-22)16-20-6-3-2-4-7-20/h11,15,20H,2-10,12-14,16-18H2,1H3/t22-/m1/s1. The first-order valence-corrected chi connectivity index (χ1v) is 11.1. The van der Waals surface area contributed by atoms with Crippen molar-refractivity contribution in [1.29, 1.82) is 0 Å². The van der Waals surface area contributed by atoms with Crippen LogP contribution in [0.1, 0.15) is 63.6 Å². The number of carbonyl (C=O) groups excluding carboxylic acids is 1. The van der Waals surface area contributed by atoms with Gasteiger partial charge in [-0.15, -0.1) is 0 Å². The van der Waals surface area contributed by atoms with Crippen LogP contribution in [-0.2, 0) is 11.3 Å². The predicted octanol–water partition coefficient (Wildman–Crippen LogP) is 3.48. The predicted molar refractivity (Wildman–Crippen MR) is 107 cm³/mol. The van der Waals surface area contributed by atoms with E-state index in [-0.39, 0.29) is 0 Å². The fraction of sp³-hybridized carbons (Fsp3) is 0.818. The Labute approximate surface area is 164 Å². The second kappa shape index (κ2) is 8.34. The van der Waals surface area contributed by atoms with Gasteiger partial charge in [0, 0.05) is 57.0 Å². The van der Waals surface area contributed by atoms with Crippen LogP contribution in [0, 0.1) is 18.3 Å². The van der Waals surface area contributed by atoms with Crippen molar-refractivity contribution in [1.82, 2.24) is 19.4 Å². The molecule has 2 aliphatic heterocycles. The highest BCUT2D eigenvalue weighted by Gasteiger charge is 2.42. The lowest BCUT2D eigenvalue weighted by molar-refractivity contribution is -0.131. The molecule has 1 aliphatic carbocycles. The van der Waals surface area contributed by atoms with E-state index in [0.29, 0.717) is 17.7 Å². The largest absolute Gasteiger partial charge is 0.342 e. The maximum Gasteiger partial charge on any atom is 0.224 e. The molecule has 0 radical (unpaired) electrons. The first-order chi connectivity index (χ1) is 13.1. The maximum atomic E-state index is 12.8. The Morgan fingerprint density at radius 1 is 1.15 bits per heavy atom. The molecule has 1 aromatic heterocycles. The van der Waals surface area contributed by atoms with Gasteiger partial charge in [0.1, 0.15) is 5.82 Å². The Hall–Kier alpha value is -1.36. The minimum Gasteiger partial charge on any atom is -0.342 e. The third kappa shape index (κ3) is 4.56. The number of aryl methyl sites for hydroxylation is 2. The number of hydrogen-bond acceptors (Lipinski definition) is 3. The Bertz CT molecular complexity index is 636. The van der Waals surface area contributed by atoms with Gasteiger partial charge >= 0.3 is 0 Å². The Balaban J connectivity index is 1.28. The average Bonchev–Trinajstić information content (AvgIpc) is 3.27. The molecule has 1 atom stereocenters. The van der Waals surface area contributed by atoms with E-state index in [9.17, 15) is 4.79 Å². The van der Waals surface area contributed by atoms with Crippen LogP contribution in [0.15, 0.2) is 12.4 Å². The van der Waals surface area contributed by atoms with Crippen molar-refractivity contribution in [2.24, 2.45) is 11.3 Å². The third-order valence-corrected chi connectivity index (χ3v) is 7.26. The van der Waals surface area contributed by atoms with Crippen molar-refractivity contribution in [3.05, 3.63) is 18.2 Å². The molecule has 2 saturated heterocycles. The summed E-state index contributed by atoms with van der Waals surface area (Å²) in [5.74, 6) is 2.24. The molecule has 0 unspecified atom stereocenters. The number of likely N-dealkylation sites (tertiary alicyclic amines) is 2. The molecule has 1 amide bonds. The summed E-state index contributed by atoms with van der Waals surface area (Å²) in [7, 11) is 0. The Kier molecular flexibility index (Phi) is 5.86. The fourth-order valence-corrected chi connectivity index (χ4v) is 5.70. The van der Waals surface area contributed by atoms with Crippen LogP contribution >= 0.6 is 0 Å². The molecule has 4 rings (SSSR count). The average molecular weight is 373 g/mol. The van der Waals surface area contributed by atoms with Gasteiger partial charge in [0.05, 0.1) is 0 Å². The number of aromatic nitrogens is 2. The first kappa shape index (κ1) is 19.0. The quantitative estimate of drug-likeness (QED) is 0.795. The zero-order chi connectivity index (χ0) is 18.7. The van der Waals surface area contributed by atoms with Crippen LogP contribution in [0.2, 0.25) is 0 Å². The first-order valence-electron chi connectivity index (χ1n) is 11.1. The van der Waals surface area contributed by atoms with Crippen molar-refractivity contribution in [2.45, 2.75) is 71.3 Å². The van der Waals surface area contributed by atoms with E-state index in [1.54, 1.807) is 0 Å². The molecule has 1 aromatic rings. The topological polar surface area (TPSA) is 41.4 Å². The van der Waals surface area contributed by atoms with E-state index in [2.05, 4.69) is 19.4 Å². The zero-order valence-electron chi connectivity index (χ0n) is 17.0. The molecule has 5 nitrogen and oxygen atoms in total. The van der Waals surface area contributed by atoms with Crippen molar-refractivity contribution in [2.75, 3.05) is 32.7 Å². The number of carbonyl (C=O) groups is 1. The van der Waals surface area contributed by atoms with Crippen molar-refractivity contribution < 1.29 is 4.79 Å². The number of nitrogens with zero attached hydrogens (tertiary/aromatic N) is 4. The van der Waals surface area contributed by atoms with Gasteiger partial charge in [-0.1, -0.05) is 19.3 Å². The Morgan fingerprint density at radius 2 is 2.00 bits per heavy atom. The normalized spacial score (nSPS) is 27.5. The van der Waals surface area contributed by atoms with Crippen molar-refractivity contribution in [3.8, 4) is 0 Å². The summed E-state index contributed by atoms with van der Waals surface area (Å²) in [6.45, 7) is 8.48. The summed E-state index contributed by atoms with van der Waals surface area (Å²) in [6, 6.07) is 0. The number of imidazole rings is 1. The van der Waals surface area contributed by atoms with Crippen LogP contribution in [0.5, 0.6) is 0 Å². The van der Waals surface area contributed by atoms with Gasteiger partial charge in [0.25, 0.3) is 0 Å². The third-order valence-electron chi connectivity index (χ3n) is 7.26. The number of piperidine rings is 1. The fourth-order valence-electron chi connectivity index (χ4n) is 5.70. The molecule has 3 fully saturated rings. The van der Waals surface area contributed by atoms with Gasteiger partial charge in [0.15, 0.2) is 0 Å². The van der Waals surface area contributed by atoms with Gasteiger partial charge in [-0.3, -0.25) is 4.79 Å². The molecule has 1 saturated carbocycles. The highest BCUT2D eigenvalue weighted by molar-refractivity contribution is 5.76. The maximum absolute atomic E-state index is 12.8. The van der Waals surface area contributed by atoms with Crippen LogP contribution < -0.4 is 0 Å². The molecular formula is C22H36N4O. The number of amides is 1. The second-order valence-electron chi connectivity index (χ2n) is 9.33. The van der Waals surface area contributed by atoms with E-state index in [1.165, 1.54) is 71.0 Å². The summed E-state index contributed by atoms with van der Waals surface area (Å²) in [5.41, 5.74) is 0.369. The molecule has 3 aliphatic rings. The summed E-state index contributed by atoms with van der Waals surface area (Å²) >= 11 is 0. The molecule has 5 heteroatoms. The lowest BCUT2D eigenvalue weighted by Crippen LogP contribution is -2.47. The molecule has 1 spiro atoms. The molecular weight excluding hydrogens is 336 g/mol. The SMILES string of the molecule is Cc1nccn1CCC(=O)N1CC[C@@]2(CCCN(CC3CCCCC3)C2)C1. The highest BCUT2D eigenvalue weighted by atomic mass is 16.2. The van der Waals surface area contributed by atoms with E-state index >= 15 is 0 Å². The van der Waals surface area contributed by atoms with Crippen LogP contribution in [0.25, 0.3) is 0 Å². The molecule has 0 bridgehead atoms. The minimum absolute atomic E-state index is 0.323. The van der Waals surface area contributed by atoms with Crippen LogP contribution in [0.3, 0.4) is 0 Å². The minimum atomic E-state index is 0.323. The molecule has 150 valence electrons. The zero-order valence-corrected chi connectivity index (χ0v) is 17.0. The molecule has 0 N–H and O–H groups in total. The van der Waals surface area contributed by atoms with Gasteiger partial charge < -0.3 is 14.4 Å². The summed E-state index contributed by atoms with van der Waals surface area (Å²) < 4.78 is 2.08. The number of hydrogen-bond donors (Lipinski definition) is 0. The van der Waals surface area contributed by atoms with Crippen LogP contribution in [0.4, 0.5) is 0 Å². The smallest absolute Gasteiger partial charge is 0.224 e. The lowest BCUT2D eigenvalue weighted by Gasteiger charge is -2.42. The van der Waals surface area contributed by atoms with Gasteiger partial charge in [-0.2, -0.15) is 0 Å². The van der Waals surface area contributed by atoms with Gasteiger partial charge in [-0.25, -0.2) is 4.98 Å². The van der Waals surface area contributed by atoms with Crippen LogP contribution in [-0.4, -0.2) is 58.0 Å². The van der Waals surface area contributed by atoms with Gasteiger partial charge in [0.2, 0.25) is 5.91 Å². The highest BCUT2D eigenvalue weighted by Crippen LogP contribution is 2.40. The second-order valence-corrected chi connectivity index (χ2v) is 9.33. The summed E-state index contributed by atoms with van der Waals surface area (Å²) in [6.07, 6.45) is 15.4. The van der Waals surface area contributed by atoms with Crippen molar-refractivity contribution >= 4 is 5.91 Å². The van der Waals surface area contributed by atoms with E-state index in [4.69, 9.17) is 0 Å². The van der Waals surface area contributed by atoms with E-state index in [1.807, 2.05) is 19.3 Å². The number of rotatable bonds is 5. The monoisotopic (exact) mass is 372 g/mol. The molecule has 27 heavy (non-hydrogen) atoms. The molecule has 3 heterocycles. The van der Waals surface area contributed by atoms with Crippen molar-refractivity contribution in [3.63, 3.8) is 0 Å². The van der Waals surface area contributed by atoms with E-state index < -0.39 is 0 Å². The molecule has 0 aromatic carbocycles. The Morgan fingerprint density at radius 3 is 2.78 bits per heavy atom. The summed E-state index contributed by atoms with van der Waals surface area (Å²) in [5, 5.41) is 0. The van der Waals surface area contributed by atoms with E-state index in [0.717, 1.165) is 31.4 Å². The van der Waals surface area contributed by atoms with Gasteiger partial charge in [-0.05, 0) is 51.5 Å². The lowest BCUT2D eigenvalue weighted by atomic mass is 9.78. The summed E-state index contributed by atoms with van der Waals surface area (Å²) in [4.78, 5) is 21.9.